The van der Waals surface area contributed by atoms with E-state index in [1.165, 1.54) is 18.4 Å². The number of aromatic nitrogens is 2. The number of hydrogen-bond donors (Lipinski definition) is 0. The third kappa shape index (κ3) is 5.56. The standard InChI is InChI=1S/C29H34BrN3O4/c1-19(20-6-3-2-4-7-20)36-27-25(30)23(21-8-9-21)18-24-26(27)31-29(37-22-10-15-35-16-11-22)32-28(24)33-12-5-14-34-17-13-33/h2-4,6-7,18-19,21-22H,5,8-17H2,1H3/t19-/m0/s1. The molecule has 7 nitrogen and oxygen atoms in total. The van der Waals surface area contributed by atoms with Gasteiger partial charge in [0.1, 0.15) is 23.5 Å². The van der Waals surface area contributed by atoms with Crippen LogP contribution in [0, 0.1) is 0 Å². The van der Waals surface area contributed by atoms with Gasteiger partial charge in [-0.15, -0.1) is 0 Å². The second-order valence-corrected chi connectivity index (χ2v) is 11.0. The number of nitrogens with zero attached hydrogens (tertiary/aromatic N) is 3. The zero-order valence-electron chi connectivity index (χ0n) is 21.3. The van der Waals surface area contributed by atoms with Crippen molar-refractivity contribution >= 4 is 32.7 Å². The van der Waals surface area contributed by atoms with Crippen molar-refractivity contribution in [2.75, 3.05) is 44.4 Å². The minimum absolute atomic E-state index is 0.0494. The second kappa shape index (κ2) is 11.1. The van der Waals surface area contributed by atoms with Gasteiger partial charge in [-0.05, 0) is 65.2 Å². The SMILES string of the molecule is C[C@H](Oc1c(Br)c(C2CC2)cc2c(N3CCCOCC3)nc(OC3CCOCC3)nc12)c1ccccc1. The van der Waals surface area contributed by atoms with Crippen LogP contribution in [0.15, 0.2) is 40.9 Å². The molecule has 37 heavy (non-hydrogen) atoms. The Morgan fingerprint density at radius 1 is 0.973 bits per heavy atom. The van der Waals surface area contributed by atoms with Crippen molar-refractivity contribution in [3.63, 3.8) is 0 Å². The Morgan fingerprint density at radius 3 is 2.54 bits per heavy atom. The number of fused-ring (bicyclic) bond motifs is 1. The van der Waals surface area contributed by atoms with E-state index in [2.05, 4.69) is 46.0 Å². The summed E-state index contributed by atoms with van der Waals surface area (Å²) in [7, 11) is 0. The van der Waals surface area contributed by atoms with Gasteiger partial charge in [0.15, 0.2) is 5.75 Å². The fraction of sp³-hybridized carbons (Fsp3) is 0.517. The molecule has 2 aromatic carbocycles. The van der Waals surface area contributed by atoms with Gasteiger partial charge < -0.3 is 23.8 Å². The first-order valence-electron chi connectivity index (χ1n) is 13.5. The van der Waals surface area contributed by atoms with Crippen LogP contribution >= 0.6 is 15.9 Å². The molecule has 0 spiro atoms. The average molecular weight is 569 g/mol. The molecule has 0 amide bonds. The summed E-state index contributed by atoms with van der Waals surface area (Å²) in [6, 6.07) is 13.0. The van der Waals surface area contributed by atoms with Crippen LogP contribution in [0.3, 0.4) is 0 Å². The average Bonchev–Trinajstić information content (AvgIpc) is 3.79. The van der Waals surface area contributed by atoms with Crippen LogP contribution in [-0.2, 0) is 9.47 Å². The van der Waals surface area contributed by atoms with E-state index in [-0.39, 0.29) is 12.2 Å². The molecule has 1 atom stereocenters. The summed E-state index contributed by atoms with van der Waals surface area (Å²) in [5, 5.41) is 1.02. The minimum Gasteiger partial charge on any atom is -0.483 e. The molecule has 1 aliphatic carbocycles. The number of benzene rings is 2. The van der Waals surface area contributed by atoms with Gasteiger partial charge in [0.05, 0.1) is 24.3 Å². The fourth-order valence-corrected chi connectivity index (χ4v) is 5.88. The van der Waals surface area contributed by atoms with Gasteiger partial charge in [0, 0.05) is 37.9 Å². The number of anilines is 1. The summed E-state index contributed by atoms with van der Waals surface area (Å²) in [4.78, 5) is 12.3. The number of ether oxygens (including phenoxy) is 4. The molecule has 0 unspecified atom stereocenters. The molecule has 3 heterocycles. The Hall–Kier alpha value is -2.42. The molecule has 2 aliphatic heterocycles. The highest BCUT2D eigenvalue weighted by molar-refractivity contribution is 9.10. The lowest BCUT2D eigenvalue weighted by atomic mass is 10.1. The molecular weight excluding hydrogens is 534 g/mol. The lowest BCUT2D eigenvalue weighted by Crippen LogP contribution is -2.29. The quantitative estimate of drug-likeness (QED) is 0.337. The lowest BCUT2D eigenvalue weighted by Gasteiger charge is -2.27. The van der Waals surface area contributed by atoms with Crippen LogP contribution < -0.4 is 14.4 Å². The zero-order valence-corrected chi connectivity index (χ0v) is 22.9. The highest BCUT2D eigenvalue weighted by Gasteiger charge is 2.31. The summed E-state index contributed by atoms with van der Waals surface area (Å²) in [6.07, 6.45) is 4.93. The normalized spacial score (nSPS) is 20.0. The van der Waals surface area contributed by atoms with E-state index >= 15 is 0 Å². The van der Waals surface area contributed by atoms with Gasteiger partial charge in [0.25, 0.3) is 0 Å². The molecule has 3 fully saturated rings. The smallest absolute Gasteiger partial charge is 0.319 e. The predicted molar refractivity (Wildman–Crippen MR) is 147 cm³/mol. The van der Waals surface area contributed by atoms with E-state index in [1.54, 1.807) is 0 Å². The van der Waals surface area contributed by atoms with Crippen molar-refractivity contribution in [2.24, 2.45) is 0 Å². The van der Waals surface area contributed by atoms with Crippen LogP contribution in [-0.4, -0.2) is 55.6 Å². The Balaban J connectivity index is 1.48. The second-order valence-electron chi connectivity index (χ2n) is 10.2. The van der Waals surface area contributed by atoms with Gasteiger partial charge in [0.2, 0.25) is 0 Å². The van der Waals surface area contributed by atoms with E-state index < -0.39 is 0 Å². The van der Waals surface area contributed by atoms with Crippen LogP contribution in [0.25, 0.3) is 10.9 Å². The van der Waals surface area contributed by atoms with Crippen molar-refractivity contribution in [3.8, 4) is 11.8 Å². The van der Waals surface area contributed by atoms with E-state index in [1.807, 2.05) is 18.2 Å². The molecule has 3 aromatic rings. The van der Waals surface area contributed by atoms with Gasteiger partial charge in [-0.25, -0.2) is 0 Å². The van der Waals surface area contributed by atoms with Crippen molar-refractivity contribution < 1.29 is 18.9 Å². The fourth-order valence-electron chi connectivity index (χ4n) is 5.16. The van der Waals surface area contributed by atoms with Crippen LogP contribution in [0.1, 0.15) is 62.2 Å². The molecule has 0 bridgehead atoms. The molecule has 0 N–H and O–H groups in total. The van der Waals surface area contributed by atoms with Gasteiger partial charge in [-0.2, -0.15) is 9.97 Å². The van der Waals surface area contributed by atoms with Crippen LogP contribution in [0.2, 0.25) is 0 Å². The van der Waals surface area contributed by atoms with Crippen molar-refractivity contribution in [3.05, 3.63) is 52.0 Å². The van der Waals surface area contributed by atoms with Gasteiger partial charge in [-0.3, -0.25) is 0 Å². The van der Waals surface area contributed by atoms with Gasteiger partial charge >= 0.3 is 6.01 Å². The molecule has 2 saturated heterocycles. The Kier molecular flexibility index (Phi) is 7.49. The Labute approximate surface area is 226 Å². The van der Waals surface area contributed by atoms with Crippen molar-refractivity contribution in [1.29, 1.82) is 0 Å². The summed E-state index contributed by atoms with van der Waals surface area (Å²) in [5.41, 5.74) is 3.19. The largest absolute Gasteiger partial charge is 0.483 e. The van der Waals surface area contributed by atoms with E-state index in [9.17, 15) is 0 Å². The molecule has 0 radical (unpaired) electrons. The summed E-state index contributed by atoms with van der Waals surface area (Å²) in [5.74, 6) is 2.21. The Morgan fingerprint density at radius 2 is 1.76 bits per heavy atom. The molecular formula is C29H34BrN3O4. The van der Waals surface area contributed by atoms with E-state index in [0.717, 1.165) is 71.5 Å². The molecule has 1 aromatic heterocycles. The number of rotatable bonds is 7. The minimum atomic E-state index is -0.139. The van der Waals surface area contributed by atoms with E-state index in [4.69, 9.17) is 28.9 Å². The maximum atomic E-state index is 6.72. The maximum absolute atomic E-state index is 6.72. The Bertz CT molecular complexity index is 1220. The van der Waals surface area contributed by atoms with E-state index in [0.29, 0.717) is 31.7 Å². The predicted octanol–water partition coefficient (Wildman–Crippen LogP) is 6.19. The first-order chi connectivity index (χ1) is 18.2. The van der Waals surface area contributed by atoms with Crippen LogP contribution in [0.4, 0.5) is 5.82 Å². The first-order valence-corrected chi connectivity index (χ1v) is 14.3. The number of hydrogen-bond acceptors (Lipinski definition) is 7. The molecule has 1 saturated carbocycles. The van der Waals surface area contributed by atoms with Crippen molar-refractivity contribution in [2.45, 2.75) is 57.2 Å². The third-order valence-corrected chi connectivity index (χ3v) is 8.23. The zero-order chi connectivity index (χ0) is 25.2. The molecule has 6 rings (SSSR count). The van der Waals surface area contributed by atoms with Crippen LogP contribution in [0.5, 0.6) is 11.8 Å². The summed E-state index contributed by atoms with van der Waals surface area (Å²) < 4.78 is 25.4. The molecule has 8 heteroatoms. The number of halogens is 1. The first kappa shape index (κ1) is 24.9. The highest BCUT2D eigenvalue weighted by atomic mass is 79.9. The summed E-state index contributed by atoms with van der Waals surface area (Å²) in [6.45, 7) is 6.62. The topological polar surface area (TPSA) is 65.9 Å². The van der Waals surface area contributed by atoms with Gasteiger partial charge in [-0.1, -0.05) is 30.3 Å². The maximum Gasteiger partial charge on any atom is 0.319 e. The monoisotopic (exact) mass is 567 g/mol. The summed E-state index contributed by atoms with van der Waals surface area (Å²) >= 11 is 3.92. The lowest BCUT2D eigenvalue weighted by molar-refractivity contribution is 0.0219. The molecule has 196 valence electrons. The third-order valence-electron chi connectivity index (χ3n) is 7.42. The van der Waals surface area contributed by atoms with Crippen molar-refractivity contribution in [1.82, 2.24) is 9.97 Å². The highest BCUT2D eigenvalue weighted by Crippen LogP contribution is 2.50. The molecule has 3 aliphatic rings.